The number of esters is 1. The second kappa shape index (κ2) is 5.90. The molecule has 1 aromatic rings. The zero-order valence-electron chi connectivity index (χ0n) is 11.7. The number of nitrogens with zero attached hydrogens (tertiary/aromatic N) is 2. The highest BCUT2D eigenvalue weighted by molar-refractivity contribution is 5.91. The Kier molecular flexibility index (Phi) is 4.22. The van der Waals surface area contributed by atoms with E-state index in [1.807, 2.05) is 4.90 Å². The Labute approximate surface area is 117 Å². The van der Waals surface area contributed by atoms with Gasteiger partial charge in [0.25, 0.3) is 5.69 Å². The fraction of sp³-hybridized carbons (Fsp3) is 0.500. The fourth-order valence-electron chi connectivity index (χ4n) is 2.59. The average molecular weight is 278 g/mol. The van der Waals surface area contributed by atoms with Crippen molar-refractivity contribution in [1.29, 1.82) is 0 Å². The van der Waals surface area contributed by atoms with Crippen molar-refractivity contribution in [1.82, 2.24) is 0 Å². The molecule has 6 heteroatoms. The lowest BCUT2D eigenvalue weighted by Gasteiger charge is -2.32. The van der Waals surface area contributed by atoms with Crippen LogP contribution in [0.1, 0.15) is 30.1 Å². The molecule has 108 valence electrons. The van der Waals surface area contributed by atoms with Crippen molar-refractivity contribution in [3.05, 3.63) is 33.9 Å². The lowest BCUT2D eigenvalue weighted by atomic mass is 9.99. The second-order valence-electron chi connectivity index (χ2n) is 5.15. The Morgan fingerprint density at radius 2 is 2.25 bits per heavy atom. The third-order valence-electron chi connectivity index (χ3n) is 3.59. The first kappa shape index (κ1) is 14.3. The van der Waals surface area contributed by atoms with Crippen LogP contribution in [0.2, 0.25) is 0 Å². The van der Waals surface area contributed by atoms with Crippen LogP contribution in [0.4, 0.5) is 11.4 Å². The van der Waals surface area contributed by atoms with Gasteiger partial charge in [-0.15, -0.1) is 0 Å². The maximum Gasteiger partial charge on any atom is 0.338 e. The van der Waals surface area contributed by atoms with Gasteiger partial charge >= 0.3 is 5.97 Å². The van der Waals surface area contributed by atoms with E-state index in [9.17, 15) is 14.9 Å². The molecule has 1 atom stereocenters. The smallest absolute Gasteiger partial charge is 0.338 e. The van der Waals surface area contributed by atoms with Crippen LogP contribution in [0.5, 0.6) is 0 Å². The zero-order chi connectivity index (χ0) is 14.7. The van der Waals surface area contributed by atoms with E-state index in [1.54, 1.807) is 12.1 Å². The topological polar surface area (TPSA) is 72.7 Å². The van der Waals surface area contributed by atoms with Gasteiger partial charge in [-0.05, 0) is 30.9 Å². The van der Waals surface area contributed by atoms with Gasteiger partial charge in [0, 0.05) is 19.2 Å². The number of piperidine rings is 1. The first-order chi connectivity index (χ1) is 9.52. The first-order valence-electron chi connectivity index (χ1n) is 6.64. The van der Waals surface area contributed by atoms with Crippen LogP contribution < -0.4 is 4.90 Å². The first-order valence-corrected chi connectivity index (χ1v) is 6.64. The average Bonchev–Trinajstić information content (AvgIpc) is 2.45. The third-order valence-corrected chi connectivity index (χ3v) is 3.59. The van der Waals surface area contributed by atoms with E-state index in [2.05, 4.69) is 11.7 Å². The Morgan fingerprint density at radius 3 is 2.85 bits per heavy atom. The highest BCUT2D eigenvalue weighted by Gasteiger charge is 2.25. The van der Waals surface area contributed by atoms with E-state index in [0.717, 1.165) is 25.9 Å². The van der Waals surface area contributed by atoms with Crippen molar-refractivity contribution < 1.29 is 14.5 Å². The molecule has 0 aromatic heterocycles. The van der Waals surface area contributed by atoms with Crippen molar-refractivity contribution in [3.63, 3.8) is 0 Å². The maximum atomic E-state index is 11.5. The molecule has 1 heterocycles. The second-order valence-corrected chi connectivity index (χ2v) is 5.15. The minimum absolute atomic E-state index is 0.0398. The molecule has 1 aromatic carbocycles. The molecule has 0 saturated carbocycles. The van der Waals surface area contributed by atoms with Gasteiger partial charge in [-0.3, -0.25) is 10.1 Å². The number of benzene rings is 1. The van der Waals surface area contributed by atoms with Crippen LogP contribution in [-0.2, 0) is 4.74 Å². The molecule has 1 saturated heterocycles. The van der Waals surface area contributed by atoms with E-state index in [1.165, 1.54) is 13.2 Å². The van der Waals surface area contributed by atoms with Gasteiger partial charge in [0.1, 0.15) is 5.69 Å². The molecule has 1 fully saturated rings. The molecule has 0 aliphatic carbocycles. The molecule has 1 aliphatic rings. The zero-order valence-corrected chi connectivity index (χ0v) is 11.7. The monoisotopic (exact) mass is 278 g/mol. The molecule has 0 amide bonds. The van der Waals surface area contributed by atoms with Gasteiger partial charge in [0.05, 0.1) is 17.6 Å². The Hall–Kier alpha value is -2.11. The van der Waals surface area contributed by atoms with Crippen LogP contribution in [-0.4, -0.2) is 31.1 Å². The number of hydrogen-bond acceptors (Lipinski definition) is 5. The molecular weight excluding hydrogens is 260 g/mol. The molecule has 20 heavy (non-hydrogen) atoms. The van der Waals surface area contributed by atoms with Crippen LogP contribution in [0.15, 0.2) is 18.2 Å². The van der Waals surface area contributed by atoms with Crippen molar-refractivity contribution in [3.8, 4) is 0 Å². The maximum absolute atomic E-state index is 11.5. The molecule has 6 nitrogen and oxygen atoms in total. The van der Waals surface area contributed by atoms with Gasteiger partial charge in [0.2, 0.25) is 0 Å². The van der Waals surface area contributed by atoms with Crippen LogP contribution in [0.25, 0.3) is 0 Å². The minimum atomic E-state index is -0.563. The number of carbonyl (C=O) groups excluding carboxylic acids is 1. The predicted octanol–water partition coefficient (Wildman–Crippen LogP) is 2.62. The largest absolute Gasteiger partial charge is 0.465 e. The van der Waals surface area contributed by atoms with E-state index >= 15 is 0 Å². The predicted molar refractivity (Wildman–Crippen MR) is 75.0 cm³/mol. The molecule has 2 rings (SSSR count). The van der Waals surface area contributed by atoms with Crippen molar-refractivity contribution in [2.24, 2.45) is 5.92 Å². The Morgan fingerprint density at radius 1 is 1.50 bits per heavy atom. The number of nitro groups is 1. The van der Waals surface area contributed by atoms with Gasteiger partial charge in [-0.1, -0.05) is 6.92 Å². The summed E-state index contributed by atoms with van der Waals surface area (Å²) in [5.74, 6) is -0.0460. The molecule has 0 N–H and O–H groups in total. The number of methoxy groups -OCH3 is 1. The summed E-state index contributed by atoms with van der Waals surface area (Å²) in [6.45, 7) is 3.75. The lowest BCUT2D eigenvalue weighted by Crippen LogP contribution is -2.34. The van der Waals surface area contributed by atoms with Crippen molar-refractivity contribution in [2.45, 2.75) is 19.8 Å². The number of hydrogen-bond donors (Lipinski definition) is 0. The normalized spacial score (nSPS) is 18.7. The summed E-state index contributed by atoms with van der Waals surface area (Å²) >= 11 is 0. The highest BCUT2D eigenvalue weighted by Crippen LogP contribution is 2.32. The van der Waals surface area contributed by atoms with Gasteiger partial charge in [-0.25, -0.2) is 4.79 Å². The van der Waals surface area contributed by atoms with E-state index in [0.29, 0.717) is 11.6 Å². The summed E-state index contributed by atoms with van der Waals surface area (Å²) in [7, 11) is 1.26. The van der Waals surface area contributed by atoms with Crippen molar-refractivity contribution >= 4 is 17.3 Å². The number of ether oxygens (including phenoxy) is 1. The summed E-state index contributed by atoms with van der Waals surface area (Å²) < 4.78 is 4.60. The molecule has 0 spiro atoms. The quantitative estimate of drug-likeness (QED) is 0.483. The minimum Gasteiger partial charge on any atom is -0.465 e. The Bertz CT molecular complexity index is 530. The number of carbonyl (C=O) groups is 1. The SMILES string of the molecule is COC(=O)c1ccc(N2CCC[C@@H](C)C2)c([N+](=O)[O-])c1. The summed E-state index contributed by atoms with van der Waals surface area (Å²) in [4.78, 5) is 24.3. The third kappa shape index (κ3) is 2.89. The molecule has 0 radical (unpaired) electrons. The lowest BCUT2D eigenvalue weighted by molar-refractivity contribution is -0.384. The van der Waals surface area contributed by atoms with Crippen LogP contribution in [0, 0.1) is 16.0 Å². The van der Waals surface area contributed by atoms with E-state index in [-0.39, 0.29) is 11.3 Å². The van der Waals surface area contributed by atoms with Gasteiger partial charge in [-0.2, -0.15) is 0 Å². The number of rotatable bonds is 3. The van der Waals surface area contributed by atoms with E-state index < -0.39 is 10.9 Å². The molecule has 0 unspecified atom stereocenters. The standard InChI is InChI=1S/C14H18N2O4/c1-10-4-3-7-15(9-10)12-6-5-11(14(17)20-2)8-13(12)16(18)19/h5-6,8,10H,3-4,7,9H2,1-2H3/t10-/m1/s1. The fourth-order valence-corrected chi connectivity index (χ4v) is 2.59. The summed E-state index contributed by atoms with van der Waals surface area (Å²) in [6, 6.07) is 4.51. The summed E-state index contributed by atoms with van der Waals surface area (Å²) in [5, 5.41) is 11.2. The van der Waals surface area contributed by atoms with Crippen LogP contribution in [0.3, 0.4) is 0 Å². The van der Waals surface area contributed by atoms with E-state index in [4.69, 9.17) is 0 Å². The van der Waals surface area contributed by atoms with Crippen LogP contribution >= 0.6 is 0 Å². The molecule has 1 aliphatic heterocycles. The molecular formula is C14H18N2O4. The summed E-state index contributed by atoms with van der Waals surface area (Å²) in [5.41, 5.74) is 0.740. The highest BCUT2D eigenvalue weighted by atomic mass is 16.6. The van der Waals surface area contributed by atoms with Gasteiger partial charge < -0.3 is 9.64 Å². The Balaban J connectivity index is 2.37. The summed E-state index contributed by atoms with van der Waals surface area (Å²) in [6.07, 6.45) is 2.17. The van der Waals surface area contributed by atoms with Crippen molar-refractivity contribution in [2.75, 3.05) is 25.1 Å². The number of nitro benzene ring substituents is 1. The number of anilines is 1. The van der Waals surface area contributed by atoms with Gasteiger partial charge in [0.15, 0.2) is 0 Å². The molecule has 0 bridgehead atoms.